The monoisotopic (exact) mass is 323 g/mol. The van der Waals surface area contributed by atoms with Crippen molar-refractivity contribution < 1.29 is 30.4 Å². The van der Waals surface area contributed by atoms with Crippen LogP contribution >= 0.6 is 0 Å². The van der Waals surface area contributed by atoms with Gasteiger partial charge in [-0.15, -0.1) is 0 Å². The zero-order chi connectivity index (χ0) is 15.4. The van der Waals surface area contributed by atoms with Crippen molar-refractivity contribution in [1.29, 1.82) is 0 Å². The Hall–Kier alpha value is -0.440. The summed E-state index contributed by atoms with van der Waals surface area (Å²) in [6.07, 6.45) is -5.78. The average Bonchev–Trinajstić information content (AvgIpc) is 2.55. The fraction of sp³-hybridized carbons (Fsp3) is 1.00. The van der Waals surface area contributed by atoms with E-state index in [4.69, 9.17) is 0 Å². The number of halogens is 5. The highest BCUT2D eigenvalue weighted by Gasteiger charge is 2.38. The highest BCUT2D eigenvalue weighted by atomic mass is 32.2. The van der Waals surface area contributed by atoms with Crippen LogP contribution in [0.1, 0.15) is 32.1 Å². The van der Waals surface area contributed by atoms with Crippen LogP contribution in [0.15, 0.2) is 0 Å². The van der Waals surface area contributed by atoms with Gasteiger partial charge in [-0.25, -0.2) is 17.2 Å². The molecule has 0 aromatic rings. The van der Waals surface area contributed by atoms with E-state index in [0.29, 0.717) is 0 Å². The van der Waals surface area contributed by atoms with Crippen LogP contribution in [-0.4, -0.2) is 44.6 Å². The molecule has 0 aromatic carbocycles. The molecule has 0 aromatic heterocycles. The molecule has 1 atom stereocenters. The Kier molecular flexibility index (Phi) is 5.77. The highest BCUT2D eigenvalue weighted by Crippen LogP contribution is 2.27. The van der Waals surface area contributed by atoms with E-state index < -0.39 is 53.1 Å². The van der Waals surface area contributed by atoms with Gasteiger partial charge in [0.2, 0.25) is 0 Å². The second-order valence-electron chi connectivity index (χ2n) is 5.15. The number of alkyl halides is 5. The Balaban J connectivity index is 2.20. The van der Waals surface area contributed by atoms with Crippen molar-refractivity contribution in [2.45, 2.75) is 50.2 Å². The summed E-state index contributed by atoms with van der Waals surface area (Å²) < 4.78 is 84.3. The summed E-state index contributed by atoms with van der Waals surface area (Å²) in [5.74, 6) is -3.52. The third-order valence-corrected chi connectivity index (χ3v) is 4.94. The molecule has 1 fully saturated rings. The molecule has 1 heterocycles. The number of nitrogens with one attached hydrogen (secondary N) is 1. The first-order valence-electron chi connectivity index (χ1n) is 6.37. The highest BCUT2D eigenvalue weighted by molar-refractivity contribution is 7.91. The van der Waals surface area contributed by atoms with E-state index in [2.05, 4.69) is 5.32 Å². The quantitative estimate of drug-likeness (QED) is 0.732. The molecular weight excluding hydrogens is 305 g/mol. The Labute approximate surface area is 114 Å². The van der Waals surface area contributed by atoms with Gasteiger partial charge in [-0.05, 0) is 19.3 Å². The van der Waals surface area contributed by atoms with Crippen LogP contribution in [0.4, 0.5) is 22.0 Å². The number of sulfone groups is 1. The van der Waals surface area contributed by atoms with Gasteiger partial charge >= 0.3 is 6.18 Å². The molecular formula is C11H18F5NO2S. The molecule has 0 bridgehead atoms. The number of rotatable bonds is 7. The molecule has 3 nitrogen and oxygen atoms in total. The van der Waals surface area contributed by atoms with Gasteiger partial charge in [0.15, 0.2) is 0 Å². The van der Waals surface area contributed by atoms with Crippen LogP contribution in [0.5, 0.6) is 0 Å². The predicted molar refractivity (Wildman–Crippen MR) is 64.5 cm³/mol. The zero-order valence-electron chi connectivity index (χ0n) is 10.8. The summed E-state index contributed by atoms with van der Waals surface area (Å²) in [6, 6.07) is -0.421. The van der Waals surface area contributed by atoms with E-state index in [1.165, 1.54) is 0 Å². The van der Waals surface area contributed by atoms with Gasteiger partial charge in [-0.1, -0.05) is 0 Å². The molecule has 20 heavy (non-hydrogen) atoms. The molecule has 1 rings (SSSR count). The summed E-state index contributed by atoms with van der Waals surface area (Å²) >= 11 is 0. The Morgan fingerprint density at radius 1 is 1.15 bits per heavy atom. The zero-order valence-corrected chi connectivity index (χ0v) is 11.7. The molecule has 120 valence electrons. The van der Waals surface area contributed by atoms with E-state index in [1.54, 1.807) is 0 Å². The summed E-state index contributed by atoms with van der Waals surface area (Å²) in [5, 5.41) is 2.60. The molecule has 0 amide bonds. The molecule has 0 saturated carbocycles. The van der Waals surface area contributed by atoms with Crippen LogP contribution in [0, 0.1) is 0 Å². The van der Waals surface area contributed by atoms with Crippen molar-refractivity contribution in [3.8, 4) is 0 Å². The number of hydrogen-bond acceptors (Lipinski definition) is 3. The van der Waals surface area contributed by atoms with Gasteiger partial charge in [0.05, 0.1) is 18.1 Å². The van der Waals surface area contributed by atoms with Gasteiger partial charge in [0, 0.05) is 18.9 Å². The van der Waals surface area contributed by atoms with Crippen molar-refractivity contribution in [2.24, 2.45) is 0 Å². The lowest BCUT2D eigenvalue weighted by Gasteiger charge is -2.10. The van der Waals surface area contributed by atoms with Crippen molar-refractivity contribution in [2.75, 3.05) is 18.1 Å². The number of hydrogen-bond donors (Lipinski definition) is 1. The van der Waals surface area contributed by atoms with Crippen molar-refractivity contribution in [1.82, 2.24) is 5.32 Å². The van der Waals surface area contributed by atoms with Gasteiger partial charge in [-0.2, -0.15) is 13.2 Å². The lowest BCUT2D eigenvalue weighted by Crippen LogP contribution is -2.23. The maximum Gasteiger partial charge on any atom is 0.389 e. The SMILES string of the molecule is O=S(=O)(CCC[C@@H]1CC(F)(F)CN1)CCCC(F)(F)F. The fourth-order valence-corrected chi connectivity index (χ4v) is 3.54. The molecule has 1 aliphatic rings. The first-order valence-corrected chi connectivity index (χ1v) is 8.20. The molecule has 1 N–H and O–H groups in total. The second-order valence-corrected chi connectivity index (χ2v) is 7.45. The van der Waals surface area contributed by atoms with Crippen LogP contribution in [0.3, 0.4) is 0 Å². The minimum atomic E-state index is -4.35. The Bertz CT molecular complexity index is 408. The lowest BCUT2D eigenvalue weighted by molar-refractivity contribution is -0.134. The van der Waals surface area contributed by atoms with Crippen LogP contribution in [-0.2, 0) is 9.84 Å². The van der Waals surface area contributed by atoms with Crippen molar-refractivity contribution >= 4 is 9.84 Å². The predicted octanol–water partition coefficient (Wildman–Crippen LogP) is 2.52. The maximum atomic E-state index is 12.8. The summed E-state index contributed by atoms with van der Waals surface area (Å²) in [5.41, 5.74) is 0. The average molecular weight is 323 g/mol. The minimum Gasteiger partial charge on any atom is -0.308 e. The van der Waals surface area contributed by atoms with Gasteiger partial charge in [-0.3, -0.25) is 0 Å². The Morgan fingerprint density at radius 3 is 2.25 bits per heavy atom. The van der Waals surface area contributed by atoms with Gasteiger partial charge in [0.25, 0.3) is 5.92 Å². The minimum absolute atomic E-state index is 0.183. The largest absolute Gasteiger partial charge is 0.389 e. The molecule has 0 spiro atoms. The third kappa shape index (κ3) is 7.37. The van der Waals surface area contributed by atoms with Crippen molar-refractivity contribution in [3.05, 3.63) is 0 Å². The maximum absolute atomic E-state index is 12.8. The van der Waals surface area contributed by atoms with E-state index in [0.717, 1.165) is 0 Å². The first-order chi connectivity index (χ1) is 8.99. The topological polar surface area (TPSA) is 46.2 Å². The molecule has 1 aliphatic heterocycles. The smallest absolute Gasteiger partial charge is 0.308 e. The van der Waals surface area contributed by atoms with Crippen molar-refractivity contribution in [3.63, 3.8) is 0 Å². The van der Waals surface area contributed by atoms with E-state index >= 15 is 0 Å². The molecule has 9 heteroatoms. The summed E-state index contributed by atoms with van der Waals surface area (Å²) in [4.78, 5) is 0. The van der Waals surface area contributed by atoms with Crippen LogP contribution in [0.2, 0.25) is 0 Å². The summed E-state index contributed by atoms with van der Waals surface area (Å²) in [7, 11) is -3.54. The normalized spacial score (nSPS) is 23.1. The van der Waals surface area contributed by atoms with Crippen LogP contribution in [0.25, 0.3) is 0 Å². The summed E-state index contributed by atoms with van der Waals surface area (Å²) in [6.45, 7) is -0.407. The standard InChI is InChI=1S/C11H18F5NO2S/c12-10(13)7-9(17-8-10)3-1-5-20(18,19)6-2-4-11(14,15)16/h9,17H,1-8H2/t9-/m1/s1. The lowest BCUT2D eigenvalue weighted by atomic mass is 10.1. The molecule has 0 aliphatic carbocycles. The third-order valence-electron chi connectivity index (χ3n) is 3.12. The van der Waals surface area contributed by atoms with E-state index in [9.17, 15) is 30.4 Å². The van der Waals surface area contributed by atoms with E-state index in [-0.39, 0.29) is 25.0 Å². The van der Waals surface area contributed by atoms with Crippen LogP contribution < -0.4 is 5.32 Å². The molecule has 1 saturated heterocycles. The molecule has 0 radical (unpaired) electrons. The van der Waals surface area contributed by atoms with E-state index in [1.807, 2.05) is 0 Å². The Morgan fingerprint density at radius 2 is 1.75 bits per heavy atom. The van der Waals surface area contributed by atoms with Gasteiger partial charge in [0.1, 0.15) is 9.84 Å². The first kappa shape index (κ1) is 17.6. The fourth-order valence-electron chi connectivity index (χ4n) is 2.15. The molecule has 0 unspecified atom stereocenters. The van der Waals surface area contributed by atoms with Gasteiger partial charge < -0.3 is 5.32 Å². The second kappa shape index (κ2) is 6.55.